The molecule has 1 saturated heterocycles. The molecule has 0 aliphatic carbocycles. The number of hydrogen-bond acceptors (Lipinski definition) is 4. The van der Waals surface area contributed by atoms with Crippen molar-refractivity contribution in [1.82, 2.24) is 4.90 Å². The summed E-state index contributed by atoms with van der Waals surface area (Å²) in [5, 5.41) is 2.71. The number of amides is 2. The summed E-state index contributed by atoms with van der Waals surface area (Å²) < 4.78 is 10.6. The number of likely N-dealkylation sites (tertiary alicyclic amines) is 1. The number of nitrogens with one attached hydrogen (secondary N) is 1. The third-order valence-electron chi connectivity index (χ3n) is 5.11. The van der Waals surface area contributed by atoms with Crippen LogP contribution in [0.15, 0.2) is 48.5 Å². The van der Waals surface area contributed by atoms with E-state index in [1.54, 1.807) is 19.2 Å². The third kappa shape index (κ3) is 6.32. The second-order valence-electron chi connectivity index (χ2n) is 7.40. The summed E-state index contributed by atoms with van der Waals surface area (Å²) in [4.78, 5) is 26.4. The van der Waals surface area contributed by atoms with Crippen molar-refractivity contribution in [2.45, 2.75) is 38.9 Å². The van der Waals surface area contributed by atoms with Crippen LogP contribution in [0.2, 0.25) is 0 Å². The van der Waals surface area contributed by atoms with Gasteiger partial charge in [0.05, 0.1) is 12.5 Å². The molecule has 0 saturated carbocycles. The number of benzene rings is 2. The Labute approximate surface area is 171 Å². The molecule has 0 aromatic heterocycles. The second kappa shape index (κ2) is 10.1. The Balaban J connectivity index is 1.46. The molecule has 6 heteroatoms. The number of piperidine rings is 1. The normalized spacial score (nSPS) is 16.3. The molecule has 0 spiro atoms. The van der Waals surface area contributed by atoms with Crippen molar-refractivity contribution >= 4 is 17.7 Å². The van der Waals surface area contributed by atoms with Crippen molar-refractivity contribution in [2.24, 2.45) is 0 Å². The Morgan fingerprint density at radius 2 is 1.76 bits per heavy atom. The molecule has 1 fully saturated rings. The first-order chi connectivity index (χ1) is 14.0. The van der Waals surface area contributed by atoms with Crippen molar-refractivity contribution in [3.05, 3.63) is 65.2 Å². The molecule has 29 heavy (non-hydrogen) atoms. The lowest BCUT2D eigenvalue weighted by Crippen LogP contribution is -2.43. The van der Waals surface area contributed by atoms with Crippen LogP contribution in [0.25, 0.3) is 0 Å². The highest BCUT2D eigenvalue weighted by Gasteiger charge is 2.23. The molecule has 1 unspecified atom stereocenters. The van der Waals surface area contributed by atoms with Gasteiger partial charge in [-0.15, -0.1) is 0 Å². The first-order valence-corrected chi connectivity index (χ1v) is 9.92. The van der Waals surface area contributed by atoms with Crippen molar-refractivity contribution in [3.63, 3.8) is 0 Å². The van der Waals surface area contributed by atoms with E-state index in [9.17, 15) is 9.59 Å². The molecule has 2 aromatic rings. The van der Waals surface area contributed by atoms with Crippen molar-refractivity contribution in [2.75, 3.05) is 25.5 Å². The molecule has 6 nitrogen and oxygen atoms in total. The third-order valence-corrected chi connectivity index (χ3v) is 5.11. The Morgan fingerprint density at radius 1 is 1.07 bits per heavy atom. The van der Waals surface area contributed by atoms with E-state index in [2.05, 4.69) is 5.32 Å². The van der Waals surface area contributed by atoms with Gasteiger partial charge in [0.1, 0.15) is 6.61 Å². The average molecular weight is 396 g/mol. The molecule has 1 aliphatic heterocycles. The number of carbonyl (C=O) groups excluding carboxylic acids is 2. The van der Waals surface area contributed by atoms with E-state index in [4.69, 9.17) is 9.47 Å². The molecule has 3 rings (SSSR count). The van der Waals surface area contributed by atoms with Crippen LogP contribution in [0.1, 0.15) is 29.5 Å². The van der Waals surface area contributed by atoms with Crippen LogP contribution < -0.4 is 5.32 Å². The summed E-state index contributed by atoms with van der Waals surface area (Å²) in [5.41, 5.74) is 3.64. The SMILES string of the molecule is COC1CCCN(C(=O)Cc2ccc(NC(=O)OCc3ccc(C)cc3)cc2)C1. The Kier molecular flexibility index (Phi) is 7.25. The number of methoxy groups -OCH3 is 1. The topological polar surface area (TPSA) is 67.9 Å². The first kappa shape index (κ1) is 20.9. The number of hydrogen-bond donors (Lipinski definition) is 1. The lowest BCUT2D eigenvalue weighted by atomic mass is 10.1. The quantitative estimate of drug-likeness (QED) is 0.804. The van der Waals surface area contributed by atoms with Crippen molar-refractivity contribution in [3.8, 4) is 0 Å². The van der Waals surface area contributed by atoms with Crippen LogP contribution in [0.5, 0.6) is 0 Å². The fourth-order valence-corrected chi connectivity index (χ4v) is 3.34. The van der Waals surface area contributed by atoms with Crippen LogP contribution in [-0.4, -0.2) is 43.2 Å². The molecule has 1 N–H and O–H groups in total. The second-order valence-corrected chi connectivity index (χ2v) is 7.40. The smallest absolute Gasteiger partial charge is 0.411 e. The fraction of sp³-hybridized carbons (Fsp3) is 0.391. The lowest BCUT2D eigenvalue weighted by molar-refractivity contribution is -0.134. The fourth-order valence-electron chi connectivity index (χ4n) is 3.34. The molecular formula is C23H28N2O4. The highest BCUT2D eigenvalue weighted by Crippen LogP contribution is 2.16. The van der Waals surface area contributed by atoms with E-state index in [1.807, 2.05) is 48.2 Å². The van der Waals surface area contributed by atoms with Gasteiger partial charge in [-0.2, -0.15) is 0 Å². The molecule has 154 valence electrons. The van der Waals surface area contributed by atoms with Gasteiger partial charge in [-0.1, -0.05) is 42.0 Å². The summed E-state index contributed by atoms with van der Waals surface area (Å²) in [6.45, 7) is 3.67. The van der Waals surface area contributed by atoms with Crippen LogP contribution in [-0.2, 0) is 27.3 Å². The molecular weight excluding hydrogens is 368 g/mol. The van der Waals surface area contributed by atoms with Gasteiger partial charge in [-0.3, -0.25) is 10.1 Å². The zero-order valence-electron chi connectivity index (χ0n) is 17.0. The summed E-state index contributed by atoms with van der Waals surface area (Å²) in [6, 6.07) is 15.1. The van der Waals surface area contributed by atoms with Crippen LogP contribution in [0, 0.1) is 6.92 Å². The Bertz CT molecular complexity index is 818. The van der Waals surface area contributed by atoms with Crippen molar-refractivity contribution < 1.29 is 19.1 Å². The van der Waals surface area contributed by atoms with E-state index in [1.165, 1.54) is 0 Å². The monoisotopic (exact) mass is 396 g/mol. The van der Waals surface area contributed by atoms with Crippen LogP contribution in [0.3, 0.4) is 0 Å². The predicted molar refractivity (Wildman–Crippen MR) is 112 cm³/mol. The van der Waals surface area contributed by atoms with Crippen LogP contribution >= 0.6 is 0 Å². The predicted octanol–water partition coefficient (Wildman–Crippen LogP) is 3.92. The minimum atomic E-state index is -0.506. The largest absolute Gasteiger partial charge is 0.444 e. The minimum Gasteiger partial charge on any atom is -0.444 e. The number of aryl methyl sites for hydroxylation is 1. The lowest BCUT2D eigenvalue weighted by Gasteiger charge is -2.32. The average Bonchev–Trinajstić information content (AvgIpc) is 2.74. The van der Waals surface area contributed by atoms with Gasteiger partial charge in [0.25, 0.3) is 0 Å². The molecule has 1 heterocycles. The van der Waals surface area contributed by atoms with E-state index in [0.29, 0.717) is 18.7 Å². The number of nitrogens with zero attached hydrogens (tertiary/aromatic N) is 1. The number of rotatable bonds is 6. The molecule has 2 aromatic carbocycles. The molecule has 1 atom stereocenters. The highest BCUT2D eigenvalue weighted by atomic mass is 16.5. The molecule has 2 amide bonds. The van der Waals surface area contributed by atoms with E-state index >= 15 is 0 Å². The van der Waals surface area contributed by atoms with Crippen molar-refractivity contribution in [1.29, 1.82) is 0 Å². The molecule has 0 radical (unpaired) electrons. The summed E-state index contributed by atoms with van der Waals surface area (Å²) in [5.74, 6) is 0.102. The number of carbonyl (C=O) groups is 2. The zero-order valence-corrected chi connectivity index (χ0v) is 17.0. The Hall–Kier alpha value is -2.86. The first-order valence-electron chi connectivity index (χ1n) is 9.92. The standard InChI is InChI=1S/C23H28N2O4/c1-17-5-7-19(8-6-17)16-29-23(27)24-20-11-9-18(10-12-20)14-22(26)25-13-3-4-21(15-25)28-2/h5-12,21H,3-4,13-16H2,1-2H3,(H,24,27). The highest BCUT2D eigenvalue weighted by molar-refractivity contribution is 5.85. The van der Waals surface area contributed by atoms with E-state index in [-0.39, 0.29) is 18.6 Å². The number of ether oxygens (including phenoxy) is 2. The van der Waals surface area contributed by atoms with E-state index < -0.39 is 6.09 Å². The summed E-state index contributed by atoms with van der Waals surface area (Å²) in [6.07, 6.45) is 1.94. The summed E-state index contributed by atoms with van der Waals surface area (Å²) >= 11 is 0. The maximum Gasteiger partial charge on any atom is 0.411 e. The summed E-state index contributed by atoms with van der Waals surface area (Å²) in [7, 11) is 1.69. The van der Waals surface area contributed by atoms with Gasteiger partial charge in [0.2, 0.25) is 5.91 Å². The zero-order chi connectivity index (χ0) is 20.6. The Morgan fingerprint density at radius 3 is 2.45 bits per heavy atom. The van der Waals surface area contributed by atoms with Gasteiger partial charge in [-0.25, -0.2) is 4.79 Å². The van der Waals surface area contributed by atoms with Gasteiger partial charge in [-0.05, 0) is 43.0 Å². The van der Waals surface area contributed by atoms with Gasteiger partial charge in [0.15, 0.2) is 0 Å². The maximum absolute atomic E-state index is 12.5. The molecule has 0 bridgehead atoms. The number of anilines is 1. The van der Waals surface area contributed by atoms with Crippen LogP contribution in [0.4, 0.5) is 10.5 Å². The van der Waals surface area contributed by atoms with Gasteiger partial charge in [0, 0.05) is 25.9 Å². The van der Waals surface area contributed by atoms with E-state index in [0.717, 1.165) is 36.1 Å². The molecule has 1 aliphatic rings. The van der Waals surface area contributed by atoms with Gasteiger partial charge >= 0.3 is 6.09 Å². The van der Waals surface area contributed by atoms with Gasteiger partial charge < -0.3 is 14.4 Å². The maximum atomic E-state index is 12.5. The minimum absolute atomic E-state index is 0.102.